The van der Waals surface area contributed by atoms with Crippen molar-refractivity contribution >= 4 is 45.8 Å². The number of pyridine rings is 2. The smallest absolute Gasteiger partial charge is 0.289 e. The van der Waals surface area contributed by atoms with Gasteiger partial charge in [-0.2, -0.15) is 0 Å². The molecular weight excluding hydrogens is 705 g/mol. The molecule has 14 heteroatoms. The fourth-order valence-corrected chi connectivity index (χ4v) is 7.65. The largest absolute Gasteiger partial charge is 0.490 e. The standard InChI is InChI=1S/C38H38N4O8S2/c1-3-23-8-14-29(39-18-23)31(43)21-49-27-10-4-24(5-11-27)16-33-34(45)42(37(48)51-33)20-26-9-15-30(40-19-26)32(44)22-50-28-12-6-25(7-13-28)17-38(2)35(46)41-36(47)52-38/h4-15,18-19,31-33,43-44H,3,16-17,20-22H2,1-2H3,(H,41,46,47). The van der Waals surface area contributed by atoms with Crippen molar-refractivity contribution < 1.29 is 38.9 Å². The van der Waals surface area contributed by atoms with Gasteiger partial charge in [-0.05, 0) is 96.6 Å². The highest BCUT2D eigenvalue weighted by atomic mass is 32.2. The molecule has 2 aromatic carbocycles. The average molecular weight is 743 g/mol. The van der Waals surface area contributed by atoms with Crippen LogP contribution in [0, 0.1) is 0 Å². The van der Waals surface area contributed by atoms with E-state index in [1.54, 1.807) is 55.6 Å². The third-order valence-corrected chi connectivity index (χ3v) is 10.9. The van der Waals surface area contributed by atoms with Gasteiger partial charge in [0.1, 0.15) is 41.7 Å². The molecular formula is C38H38N4O8S2. The molecule has 2 aromatic heterocycles. The van der Waals surface area contributed by atoms with Crippen LogP contribution in [0.4, 0.5) is 9.59 Å². The second-order valence-corrected chi connectivity index (χ2v) is 15.4. The Morgan fingerprint density at radius 1 is 0.788 bits per heavy atom. The zero-order valence-corrected chi connectivity index (χ0v) is 30.2. The highest BCUT2D eigenvalue weighted by Crippen LogP contribution is 2.35. The molecule has 6 rings (SSSR count). The Bertz CT molecular complexity index is 1910. The van der Waals surface area contributed by atoms with Crippen LogP contribution in [0.2, 0.25) is 0 Å². The number of benzene rings is 2. The summed E-state index contributed by atoms with van der Waals surface area (Å²) in [6.45, 7) is 3.82. The lowest BCUT2D eigenvalue weighted by Crippen LogP contribution is -2.35. The molecule has 2 fully saturated rings. The summed E-state index contributed by atoms with van der Waals surface area (Å²) < 4.78 is 10.6. The number of amides is 4. The van der Waals surface area contributed by atoms with Crippen LogP contribution in [0.5, 0.6) is 11.5 Å². The number of rotatable bonds is 15. The zero-order valence-electron chi connectivity index (χ0n) is 28.6. The van der Waals surface area contributed by atoms with Crippen LogP contribution in [-0.2, 0) is 35.4 Å². The van der Waals surface area contributed by atoms with E-state index in [0.717, 1.165) is 46.6 Å². The first-order chi connectivity index (χ1) is 25.0. The van der Waals surface area contributed by atoms with Crippen LogP contribution in [0.1, 0.15) is 59.7 Å². The molecule has 4 atom stereocenters. The summed E-state index contributed by atoms with van der Waals surface area (Å²) in [5.74, 6) is 0.501. The van der Waals surface area contributed by atoms with Crippen molar-refractivity contribution in [2.75, 3.05) is 13.2 Å². The minimum atomic E-state index is -1.02. The Morgan fingerprint density at radius 3 is 1.83 bits per heavy atom. The fraction of sp³-hybridized carbons (Fsp3) is 0.316. The lowest BCUT2D eigenvalue weighted by molar-refractivity contribution is -0.127. The number of carbonyl (C=O) groups excluding carboxylic acids is 4. The average Bonchev–Trinajstić information content (AvgIpc) is 3.56. The quantitative estimate of drug-likeness (QED) is 0.143. The highest BCUT2D eigenvalue weighted by Gasteiger charge is 2.43. The molecule has 270 valence electrons. The molecule has 3 N–H and O–H groups in total. The molecule has 0 radical (unpaired) electrons. The lowest BCUT2D eigenvalue weighted by atomic mass is 9.99. The Hall–Kier alpha value is -4.76. The summed E-state index contributed by atoms with van der Waals surface area (Å²) in [5.41, 5.74) is 4.38. The first kappa shape index (κ1) is 37.0. The molecule has 0 bridgehead atoms. The van der Waals surface area contributed by atoms with E-state index >= 15 is 0 Å². The number of carbonyl (C=O) groups is 4. The Kier molecular flexibility index (Phi) is 11.6. The van der Waals surface area contributed by atoms with Gasteiger partial charge >= 0.3 is 0 Å². The highest BCUT2D eigenvalue weighted by molar-refractivity contribution is 8.16. The number of aryl methyl sites for hydroxylation is 1. The van der Waals surface area contributed by atoms with Gasteiger partial charge in [0.05, 0.1) is 23.2 Å². The van der Waals surface area contributed by atoms with Gasteiger partial charge in [-0.15, -0.1) is 0 Å². The van der Waals surface area contributed by atoms with Crippen molar-refractivity contribution in [3.63, 3.8) is 0 Å². The second kappa shape index (κ2) is 16.3. The van der Waals surface area contributed by atoms with Crippen LogP contribution < -0.4 is 14.8 Å². The van der Waals surface area contributed by atoms with E-state index in [2.05, 4.69) is 15.3 Å². The Labute approximate surface area is 309 Å². The number of nitrogens with one attached hydrogen (secondary N) is 1. The summed E-state index contributed by atoms with van der Waals surface area (Å²) in [4.78, 5) is 59.6. The Balaban J connectivity index is 0.948. The van der Waals surface area contributed by atoms with Crippen LogP contribution in [-0.4, -0.2) is 70.6 Å². The molecule has 4 unspecified atom stereocenters. The van der Waals surface area contributed by atoms with E-state index in [1.807, 2.05) is 37.3 Å². The minimum absolute atomic E-state index is 0.0461. The van der Waals surface area contributed by atoms with Gasteiger partial charge in [-0.3, -0.25) is 39.4 Å². The normalized spacial score (nSPS) is 19.8. The number of aliphatic hydroxyl groups excluding tert-OH is 2. The van der Waals surface area contributed by atoms with E-state index in [4.69, 9.17) is 9.47 Å². The van der Waals surface area contributed by atoms with Crippen molar-refractivity contribution in [3.05, 3.63) is 119 Å². The third-order valence-electron chi connectivity index (χ3n) is 8.77. The summed E-state index contributed by atoms with van der Waals surface area (Å²) in [7, 11) is 0. The molecule has 52 heavy (non-hydrogen) atoms. The van der Waals surface area contributed by atoms with Gasteiger partial charge in [0.2, 0.25) is 11.8 Å². The monoisotopic (exact) mass is 742 g/mol. The van der Waals surface area contributed by atoms with E-state index in [-0.39, 0.29) is 42.1 Å². The number of hydrogen-bond donors (Lipinski definition) is 3. The molecule has 4 heterocycles. The lowest BCUT2D eigenvalue weighted by Gasteiger charge is -2.18. The molecule has 0 saturated carbocycles. The number of nitrogens with zero attached hydrogens (tertiary/aromatic N) is 3. The van der Waals surface area contributed by atoms with E-state index in [1.165, 1.54) is 11.1 Å². The van der Waals surface area contributed by atoms with E-state index in [9.17, 15) is 29.4 Å². The fourth-order valence-electron chi connectivity index (χ4n) is 5.69. The van der Waals surface area contributed by atoms with Crippen molar-refractivity contribution in [3.8, 4) is 11.5 Å². The van der Waals surface area contributed by atoms with Crippen molar-refractivity contribution in [2.45, 2.75) is 61.9 Å². The van der Waals surface area contributed by atoms with E-state index < -0.39 is 22.2 Å². The van der Waals surface area contributed by atoms with Crippen molar-refractivity contribution in [1.29, 1.82) is 0 Å². The summed E-state index contributed by atoms with van der Waals surface area (Å²) in [6.07, 6.45) is 3.00. The van der Waals surface area contributed by atoms with E-state index in [0.29, 0.717) is 41.3 Å². The van der Waals surface area contributed by atoms with Crippen molar-refractivity contribution in [2.24, 2.45) is 0 Å². The minimum Gasteiger partial charge on any atom is -0.490 e. The van der Waals surface area contributed by atoms with Gasteiger partial charge in [0.25, 0.3) is 10.5 Å². The van der Waals surface area contributed by atoms with Crippen LogP contribution >= 0.6 is 23.5 Å². The summed E-state index contributed by atoms with van der Waals surface area (Å²) in [5, 5.41) is 22.2. The zero-order chi connectivity index (χ0) is 36.8. The summed E-state index contributed by atoms with van der Waals surface area (Å²) in [6, 6.07) is 21.4. The molecule has 4 amide bonds. The molecule has 2 aliphatic rings. The van der Waals surface area contributed by atoms with Crippen LogP contribution in [0.25, 0.3) is 0 Å². The SMILES string of the molecule is CCc1ccc(C(O)COc2ccc(CC3SC(=O)N(Cc4ccc(C(O)COc5ccc(CC6(C)SC(=O)NC6=O)cc5)nc4)C3=O)cc2)nc1. The van der Waals surface area contributed by atoms with Gasteiger partial charge in [-0.25, -0.2) is 0 Å². The van der Waals surface area contributed by atoms with Crippen molar-refractivity contribution in [1.82, 2.24) is 20.2 Å². The van der Waals surface area contributed by atoms with Gasteiger partial charge in [0.15, 0.2) is 0 Å². The van der Waals surface area contributed by atoms with Gasteiger partial charge in [0, 0.05) is 12.4 Å². The number of ether oxygens (including phenoxy) is 2. The predicted molar refractivity (Wildman–Crippen MR) is 196 cm³/mol. The van der Waals surface area contributed by atoms with Crippen LogP contribution in [0.3, 0.4) is 0 Å². The molecule has 12 nitrogen and oxygen atoms in total. The van der Waals surface area contributed by atoms with Gasteiger partial charge in [-0.1, -0.05) is 55.1 Å². The maximum absolute atomic E-state index is 13.2. The molecule has 2 aliphatic heterocycles. The first-order valence-electron chi connectivity index (χ1n) is 16.8. The predicted octanol–water partition coefficient (Wildman–Crippen LogP) is 5.35. The maximum atomic E-state index is 13.2. The molecule has 4 aromatic rings. The molecule has 0 spiro atoms. The Morgan fingerprint density at radius 2 is 1.33 bits per heavy atom. The maximum Gasteiger partial charge on any atom is 0.289 e. The molecule has 2 saturated heterocycles. The van der Waals surface area contributed by atoms with Crippen LogP contribution in [0.15, 0.2) is 85.2 Å². The third kappa shape index (κ3) is 8.99. The number of aromatic nitrogens is 2. The number of imide groups is 2. The summed E-state index contributed by atoms with van der Waals surface area (Å²) >= 11 is 1.97. The number of thioether (sulfide) groups is 2. The first-order valence-corrected chi connectivity index (χ1v) is 18.4. The topological polar surface area (TPSA) is 168 Å². The number of aliphatic hydroxyl groups is 2. The number of hydrogen-bond acceptors (Lipinski definition) is 12. The second-order valence-electron chi connectivity index (χ2n) is 12.7. The molecule has 0 aliphatic carbocycles. The van der Waals surface area contributed by atoms with Gasteiger partial charge < -0.3 is 19.7 Å².